The lowest BCUT2D eigenvalue weighted by molar-refractivity contribution is -0.252. The molecule has 2 N–H and O–H groups in total. The monoisotopic (exact) mass is 730 g/mol. The first-order valence-electron chi connectivity index (χ1n) is 17.2. The number of carboxylic acids is 1. The van der Waals surface area contributed by atoms with Gasteiger partial charge in [-0.2, -0.15) is 26.3 Å². The molecule has 2 unspecified atom stereocenters. The number of nitrogens with zero attached hydrogens (tertiary/aromatic N) is 6. The van der Waals surface area contributed by atoms with Gasteiger partial charge in [-0.15, -0.1) is 0 Å². The van der Waals surface area contributed by atoms with Gasteiger partial charge in [0, 0.05) is 44.8 Å². The summed E-state index contributed by atoms with van der Waals surface area (Å²) in [5.41, 5.74) is -2.68. The van der Waals surface area contributed by atoms with Crippen LogP contribution in [-0.4, -0.2) is 92.8 Å². The van der Waals surface area contributed by atoms with E-state index in [9.17, 15) is 46.1 Å². The second-order valence-corrected chi connectivity index (χ2v) is 13.6. The van der Waals surface area contributed by atoms with E-state index in [1.165, 1.54) is 22.2 Å². The fourth-order valence-corrected chi connectivity index (χ4v) is 7.48. The Balaban J connectivity index is 1.45. The third kappa shape index (κ3) is 8.85. The van der Waals surface area contributed by atoms with Crippen molar-refractivity contribution in [1.82, 2.24) is 19.8 Å². The van der Waals surface area contributed by atoms with Crippen LogP contribution in [0.1, 0.15) is 81.9 Å². The summed E-state index contributed by atoms with van der Waals surface area (Å²) in [5, 5.41) is 20.7. The minimum Gasteiger partial charge on any atom is -0.481 e. The maximum atomic E-state index is 13.8. The molecule has 2 saturated heterocycles. The molecule has 4 atom stereocenters. The number of aliphatic carboxylic acids is 1. The molecule has 11 nitrogen and oxygen atoms in total. The highest BCUT2D eigenvalue weighted by Crippen LogP contribution is 2.39. The number of amides is 2. The first-order valence-corrected chi connectivity index (χ1v) is 17.2. The molecular weight excluding hydrogens is 686 g/mol. The number of likely N-dealkylation sites (tertiary alicyclic amines) is 1. The molecule has 1 aromatic carbocycles. The van der Waals surface area contributed by atoms with Crippen LogP contribution in [0.15, 0.2) is 30.6 Å². The van der Waals surface area contributed by atoms with Crippen molar-refractivity contribution in [2.45, 2.75) is 115 Å². The van der Waals surface area contributed by atoms with Crippen LogP contribution < -0.4 is 9.80 Å². The normalized spacial score (nSPS) is 25.7. The summed E-state index contributed by atoms with van der Waals surface area (Å²) in [6, 6.07) is 0.176. The Kier molecular flexibility index (Phi) is 11.7. The minimum atomic E-state index is -5.02. The number of carboxylic acid groups (broad SMARTS) is 1. The quantitative estimate of drug-likeness (QED) is 0.201. The maximum Gasteiger partial charge on any atom is 0.416 e. The van der Waals surface area contributed by atoms with E-state index in [0.29, 0.717) is 82.3 Å². The molecule has 0 radical (unpaired) electrons. The van der Waals surface area contributed by atoms with Crippen LogP contribution in [0.4, 0.5) is 42.8 Å². The van der Waals surface area contributed by atoms with Crippen molar-refractivity contribution in [3.63, 3.8) is 0 Å². The van der Waals surface area contributed by atoms with E-state index in [1.807, 2.05) is 18.7 Å². The fraction of sp³-hybridized carbons (Fsp3) is 0.647. The summed E-state index contributed by atoms with van der Waals surface area (Å²) in [6.45, 7) is 4.34. The lowest BCUT2D eigenvalue weighted by atomic mass is 9.87. The molecule has 2 aliphatic heterocycles. The number of rotatable bonds is 11. The fourth-order valence-electron chi connectivity index (χ4n) is 7.48. The Morgan fingerprint density at radius 3 is 1.94 bits per heavy atom. The van der Waals surface area contributed by atoms with E-state index >= 15 is 0 Å². The number of aliphatic hydroxyl groups is 1. The number of urea groups is 1. The first-order chi connectivity index (χ1) is 24.0. The van der Waals surface area contributed by atoms with Gasteiger partial charge in [0.15, 0.2) is 0 Å². The molecule has 0 spiro atoms. The van der Waals surface area contributed by atoms with Gasteiger partial charge in [0.1, 0.15) is 0 Å². The zero-order chi connectivity index (χ0) is 37.2. The van der Waals surface area contributed by atoms with Crippen molar-refractivity contribution >= 4 is 23.6 Å². The summed E-state index contributed by atoms with van der Waals surface area (Å²) >= 11 is 0. The second-order valence-electron chi connectivity index (χ2n) is 13.6. The van der Waals surface area contributed by atoms with Gasteiger partial charge in [-0.25, -0.2) is 19.7 Å². The lowest BCUT2D eigenvalue weighted by Crippen LogP contribution is -2.59. The number of piperidine rings is 1. The van der Waals surface area contributed by atoms with Gasteiger partial charge < -0.3 is 24.7 Å². The molecule has 0 bridgehead atoms. The Bertz CT molecular complexity index is 1470. The number of aromatic nitrogens is 2. The number of likely N-dealkylation sites (N-methyl/N-ethyl adjacent to an activating group) is 1. The van der Waals surface area contributed by atoms with Gasteiger partial charge in [0.2, 0.25) is 12.4 Å². The molecular formula is C34H44F6N6O5. The third-order valence-corrected chi connectivity index (χ3v) is 10.3. The van der Waals surface area contributed by atoms with Crippen LogP contribution in [0.25, 0.3) is 0 Å². The van der Waals surface area contributed by atoms with Gasteiger partial charge >= 0.3 is 24.4 Å². The number of ether oxygens (including phenoxy) is 1. The van der Waals surface area contributed by atoms with Crippen LogP contribution in [0, 0.1) is 5.92 Å². The van der Waals surface area contributed by atoms with Crippen molar-refractivity contribution < 1.29 is 50.9 Å². The van der Waals surface area contributed by atoms with Crippen molar-refractivity contribution in [3.05, 3.63) is 47.3 Å². The highest BCUT2D eigenvalue weighted by Gasteiger charge is 2.43. The van der Waals surface area contributed by atoms with Crippen LogP contribution in [-0.2, 0) is 28.4 Å². The molecule has 2 amide bonds. The summed E-state index contributed by atoms with van der Waals surface area (Å²) in [7, 11) is 1.65. The van der Waals surface area contributed by atoms with Crippen molar-refractivity contribution in [2.24, 2.45) is 5.92 Å². The number of carbonyl (C=O) groups is 2. The molecule has 1 saturated carbocycles. The van der Waals surface area contributed by atoms with E-state index in [-0.39, 0.29) is 48.3 Å². The van der Waals surface area contributed by atoms with E-state index in [4.69, 9.17) is 4.74 Å². The smallest absolute Gasteiger partial charge is 0.416 e. The highest BCUT2D eigenvalue weighted by molar-refractivity contribution is 5.93. The summed E-state index contributed by atoms with van der Waals surface area (Å²) in [5.74, 6) is -1.24. The molecule has 5 rings (SSSR count). The summed E-state index contributed by atoms with van der Waals surface area (Å²) in [4.78, 5) is 39.4. The highest BCUT2D eigenvalue weighted by atomic mass is 19.4. The lowest BCUT2D eigenvalue weighted by Gasteiger charge is -2.49. The number of benzene rings is 1. The summed E-state index contributed by atoms with van der Waals surface area (Å²) < 4.78 is 89.0. The van der Waals surface area contributed by atoms with Gasteiger partial charge in [0.05, 0.1) is 41.2 Å². The van der Waals surface area contributed by atoms with Crippen LogP contribution >= 0.6 is 0 Å². The Morgan fingerprint density at radius 1 is 0.941 bits per heavy atom. The Hall–Kier alpha value is -3.70. The molecule has 1 aliphatic carbocycles. The van der Waals surface area contributed by atoms with Gasteiger partial charge in [0.25, 0.3) is 0 Å². The largest absolute Gasteiger partial charge is 0.481 e. The molecule has 3 aliphatic rings. The van der Waals surface area contributed by atoms with Gasteiger partial charge in [-0.3, -0.25) is 9.69 Å². The van der Waals surface area contributed by atoms with Crippen molar-refractivity contribution in [1.29, 1.82) is 0 Å². The number of halogens is 6. The maximum absolute atomic E-state index is 13.8. The zero-order valence-corrected chi connectivity index (χ0v) is 28.7. The van der Waals surface area contributed by atoms with Crippen LogP contribution in [0.5, 0.6) is 0 Å². The number of hydrogen-bond acceptors (Lipinski definition) is 8. The minimum absolute atomic E-state index is 0.0693. The number of aliphatic hydroxyl groups excluding tert-OH is 1. The first kappa shape index (κ1) is 38.5. The van der Waals surface area contributed by atoms with Crippen LogP contribution in [0.2, 0.25) is 0 Å². The topological polar surface area (TPSA) is 123 Å². The van der Waals surface area contributed by atoms with Crippen molar-refractivity contribution in [2.75, 3.05) is 29.9 Å². The predicted octanol–water partition coefficient (Wildman–Crippen LogP) is 6.35. The van der Waals surface area contributed by atoms with E-state index < -0.39 is 47.8 Å². The number of carbonyl (C=O) groups excluding carboxylic acids is 1. The third-order valence-electron chi connectivity index (χ3n) is 10.3. The Labute approximate surface area is 292 Å². The summed E-state index contributed by atoms with van der Waals surface area (Å²) in [6.07, 6.45) is -5.23. The molecule has 282 valence electrons. The van der Waals surface area contributed by atoms with Crippen molar-refractivity contribution in [3.8, 4) is 0 Å². The Morgan fingerprint density at radius 2 is 1.49 bits per heavy atom. The standard InChI is InChI=1S/C34H44F6N6O5/c1-4-24-15-26(16-25(5-2)46(24)32(50)51-28-8-6-21(7-9-28)29(47)48)45(30-41-17-27(18-42-30)44-11-10-43(3)31(44)49)19-20-12-22(33(35,36)37)14-23(13-20)34(38,39)40/h12-14,17-18,21,24-26,28,32,50H,4-11,15-16,19H2,1-3H3,(H,47,48)/t21-,24-,25+,26?,28-,32?. The van der Waals surface area contributed by atoms with E-state index in [1.54, 1.807) is 11.9 Å². The predicted molar refractivity (Wildman–Crippen MR) is 174 cm³/mol. The SMILES string of the molecule is CC[C@@H]1CC(N(Cc2cc(C(F)(F)F)cc(C(F)(F)F)c2)c2ncc(N3CCN(C)C3=O)cn2)C[C@H](CC)N1C(O)O[C@H]1CC[C@H](C(=O)O)CC1. The molecule has 17 heteroatoms. The molecule has 3 heterocycles. The average Bonchev–Trinajstić information content (AvgIpc) is 3.42. The number of anilines is 2. The van der Waals surface area contributed by atoms with Gasteiger partial charge in [-0.05, 0) is 75.1 Å². The van der Waals surface area contributed by atoms with Crippen LogP contribution in [0.3, 0.4) is 0 Å². The molecule has 1 aromatic heterocycles. The average molecular weight is 731 g/mol. The second kappa shape index (κ2) is 15.5. The number of alkyl halides is 6. The zero-order valence-electron chi connectivity index (χ0n) is 28.7. The molecule has 51 heavy (non-hydrogen) atoms. The number of hydrogen-bond donors (Lipinski definition) is 2. The van der Waals surface area contributed by atoms with Gasteiger partial charge in [-0.1, -0.05) is 13.8 Å². The molecule has 2 aromatic rings. The van der Waals surface area contributed by atoms with E-state index in [2.05, 4.69) is 9.97 Å². The molecule has 3 fully saturated rings. The van der Waals surface area contributed by atoms with E-state index in [0.717, 1.165) is 0 Å².